The third-order valence-electron chi connectivity index (χ3n) is 5.76. The average Bonchev–Trinajstić information content (AvgIpc) is 3.00. The Morgan fingerprint density at radius 1 is 0.500 bits per heavy atom. The van der Waals surface area contributed by atoms with Crippen molar-refractivity contribution in [2.24, 2.45) is 0 Å². The van der Waals surface area contributed by atoms with E-state index in [2.05, 4.69) is 10.6 Å². The Morgan fingerprint density at radius 2 is 0.825 bits per heavy atom. The monoisotopic (exact) mass is 540 g/mol. The normalized spacial score (nSPS) is 10.4. The molecular formula is C31H28N2O7. The van der Waals surface area contributed by atoms with Crippen LogP contribution in [0.5, 0.6) is 11.5 Å². The highest BCUT2D eigenvalue weighted by atomic mass is 16.5. The summed E-state index contributed by atoms with van der Waals surface area (Å²) < 4.78 is 10.6. The van der Waals surface area contributed by atoms with Crippen LogP contribution in [0.2, 0.25) is 0 Å². The van der Waals surface area contributed by atoms with Crippen LogP contribution in [-0.2, 0) is 0 Å². The summed E-state index contributed by atoms with van der Waals surface area (Å²) in [5.74, 6) is 0.292. The molecule has 4 rings (SSSR count). The number of aliphatic hydroxyl groups is 2. The van der Waals surface area contributed by atoms with Crippen LogP contribution in [0.3, 0.4) is 0 Å². The van der Waals surface area contributed by atoms with Gasteiger partial charge in [0.05, 0.1) is 13.2 Å². The second-order valence-corrected chi connectivity index (χ2v) is 8.58. The molecule has 40 heavy (non-hydrogen) atoms. The molecule has 0 atom stereocenters. The summed E-state index contributed by atoms with van der Waals surface area (Å²) in [6.07, 6.45) is 0. The number of carbonyl (C=O) groups excluding carboxylic acids is 3. The zero-order chi connectivity index (χ0) is 28.3. The number of amides is 2. The third-order valence-corrected chi connectivity index (χ3v) is 5.76. The highest BCUT2D eigenvalue weighted by Gasteiger charge is 2.12. The topological polar surface area (TPSA) is 134 Å². The van der Waals surface area contributed by atoms with Gasteiger partial charge in [-0.25, -0.2) is 0 Å². The molecule has 4 aromatic carbocycles. The molecule has 0 fully saturated rings. The highest BCUT2D eigenvalue weighted by Crippen LogP contribution is 2.19. The van der Waals surface area contributed by atoms with Crippen molar-refractivity contribution in [2.75, 3.05) is 37.1 Å². The van der Waals surface area contributed by atoms with Crippen molar-refractivity contribution in [1.82, 2.24) is 0 Å². The van der Waals surface area contributed by atoms with Gasteiger partial charge in [0.2, 0.25) is 0 Å². The van der Waals surface area contributed by atoms with Crippen molar-refractivity contribution in [2.45, 2.75) is 0 Å². The number of benzene rings is 4. The summed E-state index contributed by atoms with van der Waals surface area (Å²) in [5, 5.41) is 23.2. The lowest BCUT2D eigenvalue weighted by Crippen LogP contribution is -2.12. The molecule has 0 heterocycles. The van der Waals surface area contributed by atoms with E-state index in [1.807, 2.05) is 0 Å². The summed E-state index contributed by atoms with van der Waals surface area (Å²) in [7, 11) is 0. The summed E-state index contributed by atoms with van der Waals surface area (Å²) in [5.41, 5.74) is 2.84. The van der Waals surface area contributed by atoms with Crippen LogP contribution in [0.15, 0.2) is 97.1 Å². The molecule has 0 bridgehead atoms. The fraction of sp³-hybridized carbons (Fsp3) is 0.129. The van der Waals surface area contributed by atoms with Gasteiger partial charge in [0.15, 0.2) is 5.78 Å². The molecule has 0 unspecified atom stereocenters. The summed E-state index contributed by atoms with van der Waals surface area (Å²) in [6, 6.07) is 26.2. The first kappa shape index (κ1) is 28.0. The van der Waals surface area contributed by atoms with Gasteiger partial charge in [0.25, 0.3) is 11.8 Å². The summed E-state index contributed by atoms with van der Waals surface area (Å²) in [6.45, 7) is 0.169. The van der Waals surface area contributed by atoms with E-state index in [0.29, 0.717) is 45.1 Å². The number of anilines is 2. The van der Waals surface area contributed by atoms with Crippen molar-refractivity contribution in [1.29, 1.82) is 0 Å². The molecule has 0 spiro atoms. The molecule has 0 aliphatic heterocycles. The maximum atomic E-state index is 12.9. The van der Waals surface area contributed by atoms with Crippen LogP contribution in [-0.4, -0.2) is 54.2 Å². The molecule has 0 aliphatic rings. The Kier molecular flexibility index (Phi) is 9.60. The zero-order valence-corrected chi connectivity index (χ0v) is 21.5. The molecule has 4 aromatic rings. The number of aliphatic hydroxyl groups excluding tert-OH is 2. The van der Waals surface area contributed by atoms with Crippen LogP contribution in [0.25, 0.3) is 0 Å². The number of hydrogen-bond donors (Lipinski definition) is 4. The minimum absolute atomic E-state index is 0.0927. The number of nitrogens with one attached hydrogen (secondary N) is 2. The maximum absolute atomic E-state index is 12.9. The molecule has 2 amide bonds. The fourth-order valence-corrected chi connectivity index (χ4v) is 3.72. The summed E-state index contributed by atoms with van der Waals surface area (Å²) >= 11 is 0. The van der Waals surface area contributed by atoms with Gasteiger partial charge in [0, 0.05) is 33.6 Å². The predicted octanol–water partition coefficient (Wildman–Crippen LogP) is 4.16. The highest BCUT2D eigenvalue weighted by molar-refractivity contribution is 6.10. The first-order valence-corrected chi connectivity index (χ1v) is 12.5. The Labute approximate surface area is 231 Å². The van der Waals surface area contributed by atoms with Gasteiger partial charge in [-0.1, -0.05) is 0 Å². The lowest BCUT2D eigenvalue weighted by atomic mass is 10.0. The molecule has 0 saturated carbocycles. The minimum atomic E-state index is -0.309. The second-order valence-electron chi connectivity index (χ2n) is 8.58. The SMILES string of the molecule is O=C(Nc1ccc(C(=O)c2ccc(NC(=O)c3ccc(OCCO)cc3)cc2)cc1)c1ccc(OCCO)cc1. The smallest absolute Gasteiger partial charge is 0.255 e. The van der Waals surface area contributed by atoms with Gasteiger partial charge >= 0.3 is 0 Å². The number of ketones is 1. The van der Waals surface area contributed by atoms with Crippen LogP contribution >= 0.6 is 0 Å². The number of rotatable bonds is 12. The third kappa shape index (κ3) is 7.53. The molecule has 204 valence electrons. The minimum Gasteiger partial charge on any atom is -0.491 e. The van der Waals surface area contributed by atoms with E-state index in [4.69, 9.17) is 19.7 Å². The van der Waals surface area contributed by atoms with Crippen LogP contribution < -0.4 is 20.1 Å². The van der Waals surface area contributed by atoms with Gasteiger partial charge in [0.1, 0.15) is 24.7 Å². The quantitative estimate of drug-likeness (QED) is 0.198. The number of ether oxygens (including phenoxy) is 2. The van der Waals surface area contributed by atoms with Gasteiger partial charge in [-0.2, -0.15) is 0 Å². The largest absolute Gasteiger partial charge is 0.491 e. The number of carbonyl (C=O) groups is 3. The standard InChI is InChI=1S/C31H28N2O7/c34-17-19-39-27-13-5-23(6-14-27)30(37)32-25-9-1-21(2-10-25)29(36)22-3-11-26(12-4-22)33-31(38)24-7-15-28(16-8-24)40-20-18-35/h1-16,34-35H,17-20H2,(H,32,37)(H,33,38). The Balaban J connectivity index is 1.32. The van der Waals surface area contributed by atoms with E-state index in [0.717, 1.165) is 0 Å². The Bertz CT molecular complexity index is 1320. The van der Waals surface area contributed by atoms with Gasteiger partial charge in [-0.15, -0.1) is 0 Å². The second kappa shape index (κ2) is 13.7. The van der Waals surface area contributed by atoms with Crippen molar-refractivity contribution in [3.63, 3.8) is 0 Å². The number of hydrogen-bond acceptors (Lipinski definition) is 7. The fourth-order valence-electron chi connectivity index (χ4n) is 3.72. The van der Waals surface area contributed by atoms with E-state index in [9.17, 15) is 14.4 Å². The average molecular weight is 541 g/mol. The Morgan fingerprint density at radius 3 is 1.15 bits per heavy atom. The predicted molar refractivity (Wildman–Crippen MR) is 150 cm³/mol. The van der Waals surface area contributed by atoms with E-state index in [1.165, 1.54) is 0 Å². The first-order chi connectivity index (χ1) is 19.5. The molecule has 9 heteroatoms. The molecule has 9 nitrogen and oxygen atoms in total. The van der Waals surface area contributed by atoms with E-state index < -0.39 is 0 Å². The maximum Gasteiger partial charge on any atom is 0.255 e. The van der Waals surface area contributed by atoms with Crippen molar-refractivity contribution in [3.8, 4) is 11.5 Å². The lowest BCUT2D eigenvalue weighted by molar-refractivity contribution is 0.101. The van der Waals surface area contributed by atoms with Crippen LogP contribution in [0.4, 0.5) is 11.4 Å². The Hall–Kier alpha value is -4.99. The van der Waals surface area contributed by atoms with E-state index in [-0.39, 0.29) is 44.0 Å². The molecular weight excluding hydrogens is 512 g/mol. The van der Waals surface area contributed by atoms with Crippen molar-refractivity contribution >= 4 is 29.0 Å². The van der Waals surface area contributed by atoms with Crippen LogP contribution in [0, 0.1) is 0 Å². The first-order valence-electron chi connectivity index (χ1n) is 12.5. The lowest BCUT2D eigenvalue weighted by Gasteiger charge is -2.09. The molecule has 0 saturated heterocycles. The summed E-state index contributed by atoms with van der Waals surface area (Å²) in [4.78, 5) is 38.0. The van der Waals surface area contributed by atoms with Gasteiger partial charge < -0.3 is 30.3 Å². The van der Waals surface area contributed by atoms with Gasteiger partial charge in [-0.05, 0) is 97.1 Å². The van der Waals surface area contributed by atoms with Crippen molar-refractivity contribution in [3.05, 3.63) is 119 Å². The molecule has 0 radical (unpaired) electrons. The molecule has 4 N–H and O–H groups in total. The van der Waals surface area contributed by atoms with Gasteiger partial charge in [-0.3, -0.25) is 14.4 Å². The van der Waals surface area contributed by atoms with E-state index >= 15 is 0 Å². The van der Waals surface area contributed by atoms with Crippen LogP contribution in [0.1, 0.15) is 36.6 Å². The molecule has 0 aromatic heterocycles. The zero-order valence-electron chi connectivity index (χ0n) is 21.5. The van der Waals surface area contributed by atoms with Crippen molar-refractivity contribution < 1.29 is 34.1 Å². The van der Waals surface area contributed by atoms with E-state index in [1.54, 1.807) is 97.1 Å². The molecule has 0 aliphatic carbocycles.